The lowest BCUT2D eigenvalue weighted by Gasteiger charge is -2.33. The summed E-state index contributed by atoms with van der Waals surface area (Å²) in [6, 6.07) is 0. The van der Waals surface area contributed by atoms with E-state index in [1.807, 2.05) is 6.92 Å². The Balaban J connectivity index is 2.16. The molecule has 0 radical (unpaired) electrons. The molecular weight excluding hydrogens is 224 g/mol. The topological polar surface area (TPSA) is 24.5 Å². The molecule has 106 valence electrons. The van der Waals surface area contributed by atoms with E-state index in [0.29, 0.717) is 6.10 Å². The lowest BCUT2D eigenvalue weighted by Crippen LogP contribution is -2.46. The Bertz CT molecular complexity index is 243. The van der Waals surface area contributed by atoms with Gasteiger partial charge in [-0.05, 0) is 32.2 Å². The number of nitrogens with one attached hydrogen (secondary N) is 1. The third-order valence-electron chi connectivity index (χ3n) is 3.72. The van der Waals surface area contributed by atoms with Crippen LogP contribution < -0.4 is 5.32 Å². The van der Waals surface area contributed by atoms with Gasteiger partial charge in [-0.1, -0.05) is 26.8 Å². The number of morpholine rings is 1. The van der Waals surface area contributed by atoms with Gasteiger partial charge in [0.25, 0.3) is 0 Å². The van der Waals surface area contributed by atoms with Gasteiger partial charge in [0.1, 0.15) is 0 Å². The number of allylic oxidation sites excluding steroid dienone is 1. The van der Waals surface area contributed by atoms with E-state index in [1.165, 1.54) is 25.8 Å². The SMILES string of the molecule is C=C(C)NC[C@@H]1CN(CCCC(C)CC)CCO1. The molecule has 1 saturated heterocycles. The van der Waals surface area contributed by atoms with Gasteiger partial charge in [0.2, 0.25) is 0 Å². The molecule has 1 fully saturated rings. The minimum Gasteiger partial charge on any atom is -0.386 e. The molecule has 18 heavy (non-hydrogen) atoms. The van der Waals surface area contributed by atoms with Crippen LogP contribution in [0.1, 0.15) is 40.0 Å². The van der Waals surface area contributed by atoms with Crippen LogP contribution in [0.2, 0.25) is 0 Å². The zero-order valence-corrected chi connectivity index (χ0v) is 12.4. The molecule has 0 aromatic carbocycles. The highest BCUT2D eigenvalue weighted by atomic mass is 16.5. The van der Waals surface area contributed by atoms with Crippen LogP contribution >= 0.6 is 0 Å². The Kier molecular flexibility index (Phi) is 7.36. The first-order valence-electron chi connectivity index (χ1n) is 7.35. The summed E-state index contributed by atoms with van der Waals surface area (Å²) in [5, 5.41) is 3.27. The van der Waals surface area contributed by atoms with Crippen molar-refractivity contribution in [1.82, 2.24) is 10.2 Å². The van der Waals surface area contributed by atoms with Crippen molar-refractivity contribution in [2.75, 3.05) is 32.8 Å². The van der Waals surface area contributed by atoms with E-state index in [9.17, 15) is 0 Å². The molecule has 1 rings (SSSR count). The van der Waals surface area contributed by atoms with E-state index in [1.54, 1.807) is 0 Å². The second-order valence-corrected chi connectivity index (χ2v) is 5.61. The molecule has 1 aliphatic rings. The van der Waals surface area contributed by atoms with Gasteiger partial charge in [-0.15, -0.1) is 0 Å². The van der Waals surface area contributed by atoms with Gasteiger partial charge in [-0.2, -0.15) is 0 Å². The summed E-state index contributed by atoms with van der Waals surface area (Å²) in [5.41, 5.74) is 1.02. The van der Waals surface area contributed by atoms with Crippen molar-refractivity contribution >= 4 is 0 Å². The van der Waals surface area contributed by atoms with Crippen LogP contribution in [0, 0.1) is 5.92 Å². The van der Waals surface area contributed by atoms with Crippen LogP contribution in [-0.2, 0) is 4.74 Å². The normalized spacial score (nSPS) is 22.7. The molecule has 2 atom stereocenters. The van der Waals surface area contributed by atoms with Gasteiger partial charge >= 0.3 is 0 Å². The lowest BCUT2D eigenvalue weighted by atomic mass is 10.0. The molecule has 0 bridgehead atoms. The quantitative estimate of drug-likeness (QED) is 0.720. The first kappa shape index (κ1) is 15.5. The minimum atomic E-state index is 0.319. The number of hydrogen-bond donors (Lipinski definition) is 1. The standard InChI is InChI=1S/C15H30N2O/c1-5-14(4)7-6-8-17-9-10-18-15(12-17)11-16-13(2)3/h14-16H,2,5-12H2,1,3-4H3/t14?,15-/m1/s1. The molecule has 0 spiro atoms. The third-order valence-corrected chi connectivity index (χ3v) is 3.72. The first-order chi connectivity index (χ1) is 8.61. The van der Waals surface area contributed by atoms with Gasteiger partial charge in [0.05, 0.1) is 12.7 Å². The summed E-state index contributed by atoms with van der Waals surface area (Å²) < 4.78 is 5.76. The monoisotopic (exact) mass is 254 g/mol. The van der Waals surface area contributed by atoms with Crippen molar-refractivity contribution in [3.63, 3.8) is 0 Å². The molecule has 0 amide bonds. The Morgan fingerprint density at radius 3 is 3.00 bits per heavy atom. The fraction of sp³-hybridized carbons (Fsp3) is 0.867. The predicted molar refractivity (Wildman–Crippen MR) is 77.7 cm³/mol. The third kappa shape index (κ3) is 6.41. The number of hydrogen-bond acceptors (Lipinski definition) is 3. The Hall–Kier alpha value is -0.540. The molecule has 0 saturated carbocycles. The smallest absolute Gasteiger partial charge is 0.0874 e. The largest absolute Gasteiger partial charge is 0.386 e. The lowest BCUT2D eigenvalue weighted by molar-refractivity contribution is -0.0266. The van der Waals surface area contributed by atoms with Crippen molar-refractivity contribution < 1.29 is 4.74 Å². The zero-order chi connectivity index (χ0) is 13.4. The summed E-state index contributed by atoms with van der Waals surface area (Å²) in [6.07, 6.45) is 4.28. The first-order valence-corrected chi connectivity index (χ1v) is 7.35. The maximum absolute atomic E-state index is 5.76. The maximum Gasteiger partial charge on any atom is 0.0874 e. The summed E-state index contributed by atoms with van der Waals surface area (Å²) in [7, 11) is 0. The van der Waals surface area contributed by atoms with Crippen molar-refractivity contribution in [2.45, 2.75) is 46.1 Å². The molecule has 0 aliphatic carbocycles. The molecule has 1 aliphatic heterocycles. The summed E-state index contributed by atoms with van der Waals surface area (Å²) in [5.74, 6) is 0.868. The highest BCUT2D eigenvalue weighted by Crippen LogP contribution is 2.11. The van der Waals surface area contributed by atoms with Gasteiger partial charge in [0, 0.05) is 25.3 Å². The van der Waals surface area contributed by atoms with Crippen LogP contribution in [0.3, 0.4) is 0 Å². The molecule has 3 nitrogen and oxygen atoms in total. The van der Waals surface area contributed by atoms with E-state index in [4.69, 9.17) is 4.74 Å². The predicted octanol–water partition coefficient (Wildman–Crippen LogP) is 2.64. The Morgan fingerprint density at radius 2 is 2.33 bits per heavy atom. The van der Waals surface area contributed by atoms with Crippen LogP contribution in [0.25, 0.3) is 0 Å². The van der Waals surface area contributed by atoms with Crippen molar-refractivity contribution in [3.05, 3.63) is 12.3 Å². The van der Waals surface area contributed by atoms with Crippen LogP contribution in [0.4, 0.5) is 0 Å². The fourth-order valence-corrected chi connectivity index (χ4v) is 2.26. The van der Waals surface area contributed by atoms with Crippen LogP contribution in [0.15, 0.2) is 12.3 Å². The molecule has 1 N–H and O–H groups in total. The van der Waals surface area contributed by atoms with E-state index in [-0.39, 0.29) is 0 Å². The van der Waals surface area contributed by atoms with Gasteiger partial charge in [-0.3, -0.25) is 4.90 Å². The van der Waals surface area contributed by atoms with Gasteiger partial charge in [-0.25, -0.2) is 0 Å². The second kappa shape index (κ2) is 8.54. The van der Waals surface area contributed by atoms with Gasteiger partial charge < -0.3 is 10.1 Å². The van der Waals surface area contributed by atoms with E-state index in [0.717, 1.165) is 37.9 Å². The van der Waals surface area contributed by atoms with Crippen molar-refractivity contribution in [1.29, 1.82) is 0 Å². The Labute approximate surface area is 113 Å². The highest BCUT2D eigenvalue weighted by molar-refractivity contribution is 4.86. The summed E-state index contributed by atoms with van der Waals surface area (Å²) >= 11 is 0. The average molecular weight is 254 g/mol. The minimum absolute atomic E-state index is 0.319. The van der Waals surface area contributed by atoms with Gasteiger partial charge in [0.15, 0.2) is 0 Å². The number of nitrogens with zero attached hydrogens (tertiary/aromatic N) is 1. The molecule has 0 aromatic rings. The van der Waals surface area contributed by atoms with E-state index >= 15 is 0 Å². The average Bonchev–Trinajstić information content (AvgIpc) is 2.36. The zero-order valence-electron chi connectivity index (χ0n) is 12.4. The second-order valence-electron chi connectivity index (χ2n) is 5.61. The van der Waals surface area contributed by atoms with E-state index < -0.39 is 0 Å². The molecule has 0 aromatic heterocycles. The van der Waals surface area contributed by atoms with Crippen LogP contribution in [-0.4, -0.2) is 43.8 Å². The summed E-state index contributed by atoms with van der Waals surface area (Å²) in [6.45, 7) is 15.6. The molecule has 1 heterocycles. The van der Waals surface area contributed by atoms with Crippen molar-refractivity contribution in [3.8, 4) is 0 Å². The maximum atomic E-state index is 5.76. The molecule has 3 heteroatoms. The number of rotatable bonds is 8. The fourth-order valence-electron chi connectivity index (χ4n) is 2.26. The van der Waals surface area contributed by atoms with Crippen LogP contribution in [0.5, 0.6) is 0 Å². The molecule has 1 unspecified atom stereocenters. The Morgan fingerprint density at radius 1 is 1.56 bits per heavy atom. The summed E-state index contributed by atoms with van der Waals surface area (Å²) in [4.78, 5) is 2.54. The van der Waals surface area contributed by atoms with Crippen molar-refractivity contribution in [2.24, 2.45) is 5.92 Å². The highest BCUT2D eigenvalue weighted by Gasteiger charge is 2.19. The molecular formula is C15H30N2O. The number of ether oxygens (including phenoxy) is 1. The van der Waals surface area contributed by atoms with E-state index in [2.05, 4.69) is 30.6 Å².